The first-order chi connectivity index (χ1) is 18.4. The third-order valence-electron chi connectivity index (χ3n) is 6.31. The number of carboxylic acids is 1. The lowest BCUT2D eigenvalue weighted by Crippen LogP contribution is -2.51. The summed E-state index contributed by atoms with van der Waals surface area (Å²) < 4.78 is 31.7. The van der Waals surface area contributed by atoms with Crippen LogP contribution in [0.5, 0.6) is 0 Å². The van der Waals surface area contributed by atoms with Gasteiger partial charge in [0.1, 0.15) is 11.9 Å². The van der Waals surface area contributed by atoms with Crippen molar-refractivity contribution < 1.29 is 32.7 Å². The zero-order chi connectivity index (χ0) is 28.7. The summed E-state index contributed by atoms with van der Waals surface area (Å²) in [5.74, 6) is -2.39. The molecule has 39 heavy (non-hydrogen) atoms. The number of nitrogens with zero attached hydrogens (tertiary/aromatic N) is 2. The van der Waals surface area contributed by atoms with Gasteiger partial charge in [-0.2, -0.15) is 13.2 Å². The molecule has 0 bridgehead atoms. The summed E-state index contributed by atoms with van der Waals surface area (Å²) in [6.07, 6.45) is -1.88. The smallest absolute Gasteiger partial charge is 0.475 e. The number of halogens is 3. The number of aromatic nitrogens is 1. The largest absolute Gasteiger partial charge is 0.490 e. The lowest BCUT2D eigenvalue weighted by atomic mass is 10.1. The van der Waals surface area contributed by atoms with Gasteiger partial charge in [0.25, 0.3) is 0 Å². The van der Waals surface area contributed by atoms with Crippen LogP contribution in [0, 0.1) is 6.92 Å². The Morgan fingerprint density at radius 1 is 1.23 bits per heavy atom. The second-order valence-electron chi connectivity index (χ2n) is 9.09. The average Bonchev–Trinajstić information content (AvgIpc) is 3.54. The second-order valence-corrected chi connectivity index (χ2v) is 10.1. The third-order valence-corrected chi connectivity index (χ3v) is 7.34. The minimum atomic E-state index is -5.08. The average molecular weight is 566 g/mol. The zero-order valence-corrected chi connectivity index (χ0v) is 22.2. The van der Waals surface area contributed by atoms with Gasteiger partial charge in [0.05, 0.1) is 6.04 Å². The summed E-state index contributed by atoms with van der Waals surface area (Å²) in [6, 6.07) is 9.09. The summed E-state index contributed by atoms with van der Waals surface area (Å²) in [5.41, 5.74) is 8.12. The van der Waals surface area contributed by atoms with Crippen LogP contribution in [0.2, 0.25) is 0 Å². The van der Waals surface area contributed by atoms with Crippen molar-refractivity contribution in [1.29, 1.82) is 0 Å². The van der Waals surface area contributed by atoms with Crippen LogP contribution in [0.25, 0.3) is 10.8 Å². The number of nitrogens with one attached hydrogen (secondary N) is 2. The summed E-state index contributed by atoms with van der Waals surface area (Å²) in [5, 5.41) is 17.4. The van der Waals surface area contributed by atoms with Gasteiger partial charge in [-0.05, 0) is 66.8 Å². The molecule has 0 aliphatic carbocycles. The van der Waals surface area contributed by atoms with E-state index < -0.39 is 18.2 Å². The van der Waals surface area contributed by atoms with Gasteiger partial charge < -0.3 is 26.4 Å². The molecular formula is C26H30F3N5O4S. The number of aryl methyl sites for hydroxylation is 1. The maximum absolute atomic E-state index is 13.0. The van der Waals surface area contributed by atoms with Crippen molar-refractivity contribution in [2.75, 3.05) is 12.3 Å². The van der Waals surface area contributed by atoms with Crippen LogP contribution in [-0.2, 0) is 27.5 Å². The van der Waals surface area contributed by atoms with Gasteiger partial charge in [0.15, 0.2) is 0 Å². The SMILES string of the molecule is Cc1ccsc1CNC(C)C(=O)N1CCC[C@H]1C(=O)NCc1ccc2c(N)nccc2c1.O=C(O)C(F)(F)F. The van der Waals surface area contributed by atoms with E-state index in [0.717, 1.165) is 22.8 Å². The van der Waals surface area contributed by atoms with Gasteiger partial charge in [-0.25, -0.2) is 9.78 Å². The second kappa shape index (κ2) is 12.9. The molecule has 9 nitrogen and oxygen atoms in total. The molecule has 13 heteroatoms. The number of likely N-dealkylation sites (tertiary alicyclic amines) is 1. The molecule has 2 amide bonds. The Morgan fingerprint density at radius 2 is 1.95 bits per heavy atom. The molecule has 4 rings (SSSR count). The Kier molecular flexibility index (Phi) is 9.86. The van der Waals surface area contributed by atoms with Crippen LogP contribution in [0.3, 0.4) is 0 Å². The summed E-state index contributed by atoms with van der Waals surface area (Å²) >= 11 is 1.68. The van der Waals surface area contributed by atoms with Crippen molar-refractivity contribution in [2.45, 2.75) is 58.0 Å². The van der Waals surface area contributed by atoms with Crippen LogP contribution in [0.4, 0.5) is 19.0 Å². The van der Waals surface area contributed by atoms with E-state index in [1.54, 1.807) is 22.4 Å². The molecular weight excluding hydrogens is 535 g/mol. The highest BCUT2D eigenvalue weighted by atomic mass is 32.1. The number of rotatable bonds is 7. The van der Waals surface area contributed by atoms with Crippen molar-refractivity contribution in [2.24, 2.45) is 0 Å². The van der Waals surface area contributed by atoms with Crippen molar-refractivity contribution in [3.63, 3.8) is 0 Å². The number of hydrogen-bond acceptors (Lipinski definition) is 7. The number of fused-ring (bicyclic) bond motifs is 1. The Bertz CT molecular complexity index is 1330. The van der Waals surface area contributed by atoms with Crippen LogP contribution in [0.15, 0.2) is 41.9 Å². The molecule has 3 heterocycles. The molecule has 1 aliphatic heterocycles. The Balaban J connectivity index is 0.000000532. The number of nitrogen functional groups attached to an aromatic ring is 1. The first kappa shape index (κ1) is 29.8. The van der Waals surface area contributed by atoms with E-state index >= 15 is 0 Å². The normalized spacial score (nSPS) is 15.9. The van der Waals surface area contributed by atoms with Crippen LogP contribution < -0.4 is 16.4 Å². The van der Waals surface area contributed by atoms with E-state index in [9.17, 15) is 22.8 Å². The maximum atomic E-state index is 13.0. The molecule has 210 valence electrons. The minimum Gasteiger partial charge on any atom is -0.475 e. The lowest BCUT2D eigenvalue weighted by molar-refractivity contribution is -0.192. The summed E-state index contributed by atoms with van der Waals surface area (Å²) in [4.78, 5) is 41.9. The number of anilines is 1. The third kappa shape index (κ3) is 7.90. The van der Waals surface area contributed by atoms with Gasteiger partial charge in [-0.15, -0.1) is 11.3 Å². The van der Waals surface area contributed by atoms with Crippen molar-refractivity contribution in [3.05, 3.63) is 57.9 Å². The zero-order valence-electron chi connectivity index (χ0n) is 21.4. The molecule has 0 radical (unpaired) electrons. The maximum Gasteiger partial charge on any atom is 0.490 e. The number of nitrogens with two attached hydrogens (primary N) is 1. The predicted octanol–water partition coefficient (Wildman–Crippen LogP) is 3.61. The monoisotopic (exact) mass is 565 g/mol. The number of carbonyl (C=O) groups excluding carboxylic acids is 2. The van der Waals surface area contributed by atoms with Gasteiger partial charge in [0, 0.05) is 36.1 Å². The van der Waals surface area contributed by atoms with Gasteiger partial charge in [-0.1, -0.05) is 12.1 Å². The summed E-state index contributed by atoms with van der Waals surface area (Å²) in [6.45, 7) is 5.61. The van der Waals surface area contributed by atoms with E-state index in [2.05, 4.69) is 34.0 Å². The highest BCUT2D eigenvalue weighted by Gasteiger charge is 2.38. The van der Waals surface area contributed by atoms with E-state index in [4.69, 9.17) is 15.6 Å². The molecule has 2 atom stereocenters. The van der Waals surface area contributed by atoms with Crippen molar-refractivity contribution >= 4 is 45.7 Å². The molecule has 0 spiro atoms. The molecule has 1 aliphatic rings. The van der Waals surface area contributed by atoms with E-state index in [1.165, 1.54) is 10.4 Å². The number of amides is 2. The Hall–Kier alpha value is -3.71. The molecule has 1 unspecified atom stereocenters. The number of pyridine rings is 1. The van der Waals surface area contributed by atoms with Crippen LogP contribution >= 0.6 is 11.3 Å². The van der Waals surface area contributed by atoms with Gasteiger partial charge in [0.2, 0.25) is 11.8 Å². The van der Waals surface area contributed by atoms with E-state index in [1.807, 2.05) is 31.2 Å². The Morgan fingerprint density at radius 3 is 2.59 bits per heavy atom. The minimum absolute atomic E-state index is 0.0226. The van der Waals surface area contributed by atoms with Crippen LogP contribution in [0.1, 0.15) is 35.8 Å². The fourth-order valence-corrected chi connectivity index (χ4v) is 4.99. The standard InChI is InChI=1S/C24H29N5O2S.C2HF3O2/c1-15-8-11-32-21(15)14-27-16(2)24(31)29-10-3-4-20(29)23(30)28-13-17-5-6-19-18(12-17)7-9-26-22(19)25;3-2(4,5)1(6)7/h5-9,11-12,16,20,27H,3-4,10,13-14H2,1-2H3,(H2,25,26)(H,28,30);(H,6,7)/t16?,20-;/m0./s1. The highest BCUT2D eigenvalue weighted by Crippen LogP contribution is 2.22. The predicted molar refractivity (Wildman–Crippen MR) is 142 cm³/mol. The topological polar surface area (TPSA) is 138 Å². The number of aliphatic carboxylic acids is 1. The molecule has 1 aromatic carbocycles. The molecule has 5 N–H and O–H groups in total. The first-order valence-electron chi connectivity index (χ1n) is 12.2. The fraction of sp³-hybridized carbons (Fsp3) is 0.385. The number of carbonyl (C=O) groups is 3. The number of hydrogen-bond donors (Lipinski definition) is 4. The number of alkyl halides is 3. The lowest BCUT2D eigenvalue weighted by Gasteiger charge is -2.27. The number of benzene rings is 1. The molecule has 3 aromatic rings. The van der Waals surface area contributed by atoms with Crippen molar-refractivity contribution in [1.82, 2.24) is 20.5 Å². The van der Waals surface area contributed by atoms with Crippen LogP contribution in [-0.4, -0.2) is 57.6 Å². The highest BCUT2D eigenvalue weighted by molar-refractivity contribution is 7.10. The molecule has 0 saturated carbocycles. The van der Waals surface area contributed by atoms with E-state index in [0.29, 0.717) is 31.9 Å². The number of thiophene rings is 1. The van der Waals surface area contributed by atoms with E-state index in [-0.39, 0.29) is 17.9 Å². The van der Waals surface area contributed by atoms with Gasteiger partial charge >= 0.3 is 12.1 Å². The number of carboxylic acid groups (broad SMARTS) is 1. The van der Waals surface area contributed by atoms with Crippen molar-refractivity contribution in [3.8, 4) is 0 Å². The molecule has 1 fully saturated rings. The van der Waals surface area contributed by atoms with Gasteiger partial charge in [-0.3, -0.25) is 9.59 Å². The summed E-state index contributed by atoms with van der Waals surface area (Å²) in [7, 11) is 0. The Labute approximate surface area is 227 Å². The first-order valence-corrected chi connectivity index (χ1v) is 13.0. The fourth-order valence-electron chi connectivity index (χ4n) is 4.14. The molecule has 2 aromatic heterocycles. The molecule has 1 saturated heterocycles. The quantitative estimate of drug-likeness (QED) is 0.344.